The molecule has 0 spiro atoms. The monoisotopic (exact) mass is 374 g/mol. The van der Waals surface area contributed by atoms with Crippen molar-refractivity contribution >= 4 is 44.0 Å². The molecule has 0 aliphatic heterocycles. The maximum Gasteiger partial charge on any atom is 0.211 e. The third-order valence-electron chi connectivity index (χ3n) is 1.75. The lowest BCUT2D eigenvalue weighted by Gasteiger charge is -2.09. The van der Waals surface area contributed by atoms with Crippen LogP contribution in [0.3, 0.4) is 0 Å². The Bertz CT molecular complexity index is 473. The maximum absolute atomic E-state index is 5.49. The number of hydrogen-bond acceptors (Lipinski definition) is 3. The minimum atomic E-state index is -0.0877. The zero-order valence-electron chi connectivity index (χ0n) is 9.44. The highest BCUT2D eigenvalue weighted by atomic mass is 79.9. The minimum absolute atomic E-state index is 0.0877. The quantitative estimate of drug-likeness (QED) is 0.358. The van der Waals surface area contributed by atoms with E-state index >= 15 is 0 Å². The molecule has 0 aromatic heterocycles. The predicted octanol–water partition coefficient (Wildman–Crippen LogP) is 2.38. The van der Waals surface area contributed by atoms with Gasteiger partial charge in [-0.25, -0.2) is 0 Å². The second kappa shape index (κ2) is 7.17. The van der Waals surface area contributed by atoms with Crippen LogP contribution in [0.4, 0.5) is 0 Å². The van der Waals surface area contributed by atoms with Gasteiger partial charge in [-0.2, -0.15) is 5.10 Å². The van der Waals surface area contributed by atoms with Crippen molar-refractivity contribution in [2.75, 3.05) is 6.61 Å². The molecule has 1 aromatic rings. The van der Waals surface area contributed by atoms with E-state index in [1.165, 1.54) is 6.21 Å². The van der Waals surface area contributed by atoms with Crippen molar-refractivity contribution in [3.05, 3.63) is 39.3 Å². The Morgan fingerprint density at radius 3 is 2.44 bits per heavy atom. The number of rotatable bonds is 5. The van der Waals surface area contributed by atoms with Gasteiger partial charge in [-0.3, -0.25) is 0 Å². The van der Waals surface area contributed by atoms with Gasteiger partial charge in [-0.15, -0.1) is 5.10 Å². The smallest absolute Gasteiger partial charge is 0.211 e. The zero-order valence-corrected chi connectivity index (χ0v) is 12.6. The molecule has 0 atom stereocenters. The lowest BCUT2D eigenvalue weighted by atomic mass is 10.2. The van der Waals surface area contributed by atoms with Gasteiger partial charge >= 0.3 is 0 Å². The largest absolute Gasteiger partial charge is 0.487 e. The highest BCUT2D eigenvalue weighted by Gasteiger charge is 2.07. The van der Waals surface area contributed by atoms with E-state index in [0.717, 1.165) is 14.5 Å². The Labute approximate surface area is 122 Å². The van der Waals surface area contributed by atoms with Crippen LogP contribution < -0.4 is 16.2 Å². The van der Waals surface area contributed by atoms with Crippen LogP contribution >= 0.6 is 31.9 Å². The molecule has 7 heteroatoms. The summed E-state index contributed by atoms with van der Waals surface area (Å²) >= 11 is 6.83. The van der Waals surface area contributed by atoms with E-state index in [0.29, 0.717) is 12.4 Å². The number of halogens is 2. The first-order valence-electron chi connectivity index (χ1n) is 4.89. The van der Waals surface area contributed by atoms with Crippen molar-refractivity contribution in [2.24, 2.45) is 21.7 Å². The Hall–Kier alpha value is -1.34. The van der Waals surface area contributed by atoms with Crippen LogP contribution in [0.25, 0.3) is 0 Å². The first kappa shape index (κ1) is 14.7. The first-order valence-corrected chi connectivity index (χ1v) is 6.48. The summed E-state index contributed by atoms with van der Waals surface area (Å²) in [6.45, 7) is 4.02. The topological polar surface area (TPSA) is 86.0 Å². The number of nitrogens with two attached hydrogens (primary N) is 2. The molecule has 0 radical (unpaired) electrons. The number of guanidine groups is 1. The molecule has 0 heterocycles. The second-order valence-electron chi connectivity index (χ2n) is 3.18. The summed E-state index contributed by atoms with van der Waals surface area (Å²) in [6, 6.07) is 3.68. The summed E-state index contributed by atoms with van der Waals surface area (Å²) in [5, 5.41) is 7.25. The van der Waals surface area contributed by atoms with E-state index in [-0.39, 0.29) is 5.96 Å². The molecule has 96 valence electrons. The highest BCUT2D eigenvalue weighted by molar-refractivity contribution is 9.11. The van der Waals surface area contributed by atoms with E-state index < -0.39 is 0 Å². The van der Waals surface area contributed by atoms with Crippen LogP contribution in [0.2, 0.25) is 0 Å². The fraction of sp³-hybridized carbons (Fsp3) is 0.0909. The van der Waals surface area contributed by atoms with Crippen molar-refractivity contribution in [3.63, 3.8) is 0 Å². The summed E-state index contributed by atoms with van der Waals surface area (Å²) in [6.07, 6.45) is 3.21. The van der Waals surface area contributed by atoms with Crippen LogP contribution in [0.5, 0.6) is 5.75 Å². The molecule has 0 amide bonds. The van der Waals surface area contributed by atoms with Gasteiger partial charge < -0.3 is 16.2 Å². The number of benzene rings is 1. The van der Waals surface area contributed by atoms with Gasteiger partial charge in [0.05, 0.1) is 15.2 Å². The molecule has 0 saturated heterocycles. The number of ether oxygens (including phenoxy) is 1. The van der Waals surface area contributed by atoms with Gasteiger partial charge in [0, 0.05) is 0 Å². The fourth-order valence-corrected chi connectivity index (χ4v) is 2.55. The Balaban J connectivity index is 2.95. The summed E-state index contributed by atoms with van der Waals surface area (Å²) in [7, 11) is 0. The van der Waals surface area contributed by atoms with Crippen molar-refractivity contribution in [2.45, 2.75) is 0 Å². The average Bonchev–Trinajstić information content (AvgIpc) is 2.27. The predicted molar refractivity (Wildman–Crippen MR) is 80.9 cm³/mol. The summed E-state index contributed by atoms with van der Waals surface area (Å²) in [4.78, 5) is 0. The highest BCUT2D eigenvalue weighted by Crippen LogP contribution is 2.34. The molecular formula is C11H12Br2N4O. The Morgan fingerprint density at radius 1 is 1.33 bits per heavy atom. The number of nitrogens with zero attached hydrogens (tertiary/aromatic N) is 2. The molecule has 0 bridgehead atoms. The van der Waals surface area contributed by atoms with Crippen molar-refractivity contribution in [1.29, 1.82) is 0 Å². The van der Waals surface area contributed by atoms with E-state index in [2.05, 4.69) is 48.6 Å². The molecular weight excluding hydrogens is 364 g/mol. The van der Waals surface area contributed by atoms with Crippen LogP contribution in [-0.4, -0.2) is 18.8 Å². The van der Waals surface area contributed by atoms with Crippen molar-refractivity contribution in [3.8, 4) is 5.75 Å². The molecule has 0 unspecified atom stereocenters. The Kier molecular flexibility index (Phi) is 5.87. The van der Waals surface area contributed by atoms with Crippen molar-refractivity contribution in [1.82, 2.24) is 0 Å². The molecule has 5 nitrogen and oxygen atoms in total. The maximum atomic E-state index is 5.49. The molecule has 0 saturated carbocycles. The van der Waals surface area contributed by atoms with Gasteiger partial charge in [0.2, 0.25) is 5.96 Å². The summed E-state index contributed by atoms with van der Waals surface area (Å²) in [5.74, 6) is 0.615. The third kappa shape index (κ3) is 4.50. The van der Waals surface area contributed by atoms with Gasteiger partial charge in [-0.1, -0.05) is 12.7 Å². The second-order valence-corrected chi connectivity index (χ2v) is 4.89. The molecule has 0 aliphatic carbocycles. The van der Waals surface area contributed by atoms with Crippen LogP contribution in [0.1, 0.15) is 5.56 Å². The normalized spacial score (nSPS) is 10.3. The molecule has 1 rings (SSSR count). The average molecular weight is 376 g/mol. The lowest BCUT2D eigenvalue weighted by Crippen LogP contribution is -2.21. The Morgan fingerprint density at radius 2 is 1.94 bits per heavy atom. The molecule has 0 fully saturated rings. The first-order chi connectivity index (χ1) is 8.54. The van der Waals surface area contributed by atoms with Crippen LogP contribution in [0, 0.1) is 0 Å². The van der Waals surface area contributed by atoms with Gasteiger partial charge in [-0.05, 0) is 49.6 Å². The van der Waals surface area contributed by atoms with Crippen LogP contribution in [0.15, 0.2) is 43.9 Å². The summed E-state index contributed by atoms with van der Waals surface area (Å²) < 4.78 is 7.08. The molecule has 1 aromatic carbocycles. The standard InChI is InChI=1S/C11H12Br2N4O/c1-2-3-18-10-8(12)4-7(5-9(10)13)6-16-17-11(14)15/h2,4-6H,1,3H2,(H4,14,15,17). The minimum Gasteiger partial charge on any atom is -0.487 e. The van der Waals surface area contributed by atoms with E-state index in [9.17, 15) is 0 Å². The van der Waals surface area contributed by atoms with Crippen LogP contribution in [-0.2, 0) is 0 Å². The fourth-order valence-electron chi connectivity index (χ4n) is 1.10. The van der Waals surface area contributed by atoms with Gasteiger partial charge in [0.25, 0.3) is 0 Å². The van der Waals surface area contributed by atoms with E-state index in [1.54, 1.807) is 6.08 Å². The van der Waals surface area contributed by atoms with Gasteiger partial charge in [0.1, 0.15) is 12.4 Å². The molecule has 18 heavy (non-hydrogen) atoms. The van der Waals surface area contributed by atoms with E-state index in [1.807, 2.05) is 12.1 Å². The number of hydrogen-bond donors (Lipinski definition) is 2. The molecule has 0 aliphatic rings. The van der Waals surface area contributed by atoms with E-state index in [4.69, 9.17) is 16.2 Å². The SMILES string of the molecule is C=CCOc1c(Br)cc(C=NN=C(N)N)cc1Br. The van der Waals surface area contributed by atoms with Gasteiger partial charge in [0.15, 0.2) is 0 Å². The third-order valence-corrected chi connectivity index (χ3v) is 2.92. The molecule has 4 N–H and O–H groups in total. The summed E-state index contributed by atoms with van der Waals surface area (Å²) in [5.41, 5.74) is 11.1. The lowest BCUT2D eigenvalue weighted by molar-refractivity contribution is 0.358. The van der Waals surface area contributed by atoms with Crippen molar-refractivity contribution < 1.29 is 4.74 Å². The zero-order chi connectivity index (χ0) is 13.5.